The number of hydrogen-bond acceptors (Lipinski definition) is 5. The van der Waals surface area contributed by atoms with Crippen molar-refractivity contribution < 1.29 is 13.2 Å². The Balaban J connectivity index is 1.43. The largest absolute Gasteiger partial charge is 0.332 e. The fraction of sp³-hybridized carbons (Fsp3) is 0.318. The Morgan fingerprint density at radius 3 is 1.97 bits per heavy atom. The monoisotopic (exact) mass is 460 g/mol. The molecule has 1 saturated heterocycles. The highest BCUT2D eigenvalue weighted by molar-refractivity contribution is 7.89. The van der Waals surface area contributed by atoms with Gasteiger partial charge in [-0.15, -0.1) is 22.7 Å². The fourth-order valence-electron chi connectivity index (χ4n) is 3.74. The van der Waals surface area contributed by atoms with Crippen LogP contribution in [0.3, 0.4) is 0 Å². The van der Waals surface area contributed by atoms with E-state index in [1.807, 2.05) is 27.8 Å². The van der Waals surface area contributed by atoms with E-state index >= 15 is 0 Å². The normalized spacial score (nSPS) is 15.9. The van der Waals surface area contributed by atoms with Gasteiger partial charge in [0.05, 0.1) is 18.0 Å². The Hall–Kier alpha value is -2.00. The van der Waals surface area contributed by atoms with Crippen LogP contribution in [0.1, 0.15) is 22.6 Å². The van der Waals surface area contributed by atoms with E-state index in [0.717, 1.165) is 9.75 Å². The number of benzene rings is 1. The van der Waals surface area contributed by atoms with Gasteiger partial charge in [0.1, 0.15) is 0 Å². The molecule has 30 heavy (non-hydrogen) atoms. The van der Waals surface area contributed by atoms with Crippen molar-refractivity contribution in [2.24, 2.45) is 5.92 Å². The van der Waals surface area contributed by atoms with Crippen LogP contribution in [0.5, 0.6) is 0 Å². The number of carbonyl (C=O) groups excluding carboxylic acids is 1. The maximum absolute atomic E-state index is 13.3. The van der Waals surface area contributed by atoms with Crippen molar-refractivity contribution in [1.29, 1.82) is 0 Å². The first-order valence-corrected chi connectivity index (χ1v) is 13.1. The zero-order valence-corrected chi connectivity index (χ0v) is 19.0. The molecule has 1 fully saturated rings. The molecule has 5 nitrogen and oxygen atoms in total. The molecule has 0 bridgehead atoms. The van der Waals surface area contributed by atoms with Crippen molar-refractivity contribution in [3.63, 3.8) is 0 Å². The highest BCUT2D eigenvalue weighted by atomic mass is 32.2. The van der Waals surface area contributed by atoms with Crippen molar-refractivity contribution >= 4 is 38.6 Å². The predicted molar refractivity (Wildman–Crippen MR) is 121 cm³/mol. The number of carbonyl (C=O) groups is 1. The second-order valence-electron chi connectivity index (χ2n) is 7.34. The van der Waals surface area contributed by atoms with Crippen LogP contribution in [0.2, 0.25) is 0 Å². The SMILES string of the molecule is O=C(C1CCN(S(=O)(=O)c2ccccc2)CC1)N(Cc1cccs1)Cc1cccs1. The van der Waals surface area contributed by atoms with Gasteiger partial charge in [-0.2, -0.15) is 4.31 Å². The van der Waals surface area contributed by atoms with Crippen molar-refractivity contribution in [3.8, 4) is 0 Å². The predicted octanol–water partition coefficient (Wildman–Crippen LogP) is 4.44. The summed E-state index contributed by atoms with van der Waals surface area (Å²) in [6.07, 6.45) is 1.10. The van der Waals surface area contributed by atoms with E-state index in [1.54, 1.807) is 53.0 Å². The van der Waals surface area contributed by atoms with Gasteiger partial charge in [0.25, 0.3) is 0 Å². The summed E-state index contributed by atoms with van der Waals surface area (Å²) >= 11 is 3.30. The zero-order valence-electron chi connectivity index (χ0n) is 16.5. The Morgan fingerprint density at radius 2 is 1.47 bits per heavy atom. The van der Waals surface area contributed by atoms with Crippen LogP contribution in [-0.2, 0) is 27.9 Å². The third-order valence-corrected chi connectivity index (χ3v) is 8.98. The summed E-state index contributed by atoms with van der Waals surface area (Å²) in [5, 5.41) is 4.05. The standard InChI is InChI=1S/C22H24N2O3S3/c25-22(23(16-19-6-4-14-28-19)17-20-7-5-15-29-20)18-10-12-24(13-11-18)30(26,27)21-8-2-1-3-9-21/h1-9,14-15,18H,10-13,16-17H2. The molecule has 0 saturated carbocycles. The van der Waals surface area contributed by atoms with Gasteiger partial charge in [0, 0.05) is 28.8 Å². The highest BCUT2D eigenvalue weighted by Crippen LogP contribution is 2.27. The van der Waals surface area contributed by atoms with Crippen molar-refractivity contribution in [2.45, 2.75) is 30.8 Å². The topological polar surface area (TPSA) is 57.7 Å². The molecule has 0 unspecified atom stereocenters. The van der Waals surface area contributed by atoms with Crippen molar-refractivity contribution in [3.05, 3.63) is 75.1 Å². The van der Waals surface area contributed by atoms with Crippen molar-refractivity contribution in [2.75, 3.05) is 13.1 Å². The molecule has 1 aromatic carbocycles. The number of piperidine rings is 1. The minimum Gasteiger partial charge on any atom is -0.332 e. The zero-order chi connectivity index (χ0) is 21.0. The Labute approximate surface area is 185 Å². The van der Waals surface area contributed by atoms with Gasteiger partial charge in [-0.05, 0) is 47.9 Å². The van der Waals surface area contributed by atoms with Gasteiger partial charge in [-0.25, -0.2) is 8.42 Å². The Morgan fingerprint density at radius 1 is 0.900 bits per heavy atom. The minimum absolute atomic E-state index is 0.119. The second-order valence-corrected chi connectivity index (χ2v) is 11.3. The lowest BCUT2D eigenvalue weighted by Gasteiger charge is -2.33. The molecule has 1 aliphatic heterocycles. The average Bonchev–Trinajstić information content (AvgIpc) is 3.48. The summed E-state index contributed by atoms with van der Waals surface area (Å²) in [5.74, 6) is -0.0271. The lowest BCUT2D eigenvalue weighted by Crippen LogP contribution is -2.44. The van der Waals surface area contributed by atoms with Crippen LogP contribution in [0, 0.1) is 5.92 Å². The number of rotatable bonds is 7. The van der Waals surface area contributed by atoms with E-state index in [-0.39, 0.29) is 11.8 Å². The lowest BCUT2D eigenvalue weighted by molar-refractivity contribution is -0.138. The molecule has 3 aromatic rings. The van der Waals surface area contributed by atoms with Crippen LogP contribution in [0.15, 0.2) is 70.3 Å². The molecule has 0 atom stereocenters. The quantitative estimate of drug-likeness (QED) is 0.524. The molecular formula is C22H24N2O3S3. The van der Waals surface area contributed by atoms with Crippen LogP contribution >= 0.6 is 22.7 Å². The summed E-state index contributed by atoms with van der Waals surface area (Å²) in [5.41, 5.74) is 0. The second kappa shape index (κ2) is 9.43. The van der Waals surface area contributed by atoms with Gasteiger partial charge in [-0.1, -0.05) is 30.3 Å². The van der Waals surface area contributed by atoms with E-state index in [4.69, 9.17) is 0 Å². The number of hydrogen-bond donors (Lipinski definition) is 0. The molecule has 158 valence electrons. The molecule has 4 rings (SSSR count). The summed E-state index contributed by atoms with van der Waals surface area (Å²) in [6, 6.07) is 16.6. The number of amides is 1. The molecule has 0 radical (unpaired) electrons. The van der Waals surface area contributed by atoms with E-state index in [0.29, 0.717) is 43.9 Å². The van der Waals surface area contributed by atoms with Crippen LogP contribution in [0.25, 0.3) is 0 Å². The molecule has 3 heterocycles. The minimum atomic E-state index is -3.50. The van der Waals surface area contributed by atoms with E-state index in [9.17, 15) is 13.2 Å². The molecule has 0 spiro atoms. The van der Waals surface area contributed by atoms with Gasteiger partial charge in [0.15, 0.2) is 0 Å². The van der Waals surface area contributed by atoms with Crippen LogP contribution in [0.4, 0.5) is 0 Å². The van der Waals surface area contributed by atoms with Crippen molar-refractivity contribution in [1.82, 2.24) is 9.21 Å². The van der Waals surface area contributed by atoms with E-state index in [1.165, 1.54) is 4.31 Å². The third kappa shape index (κ3) is 4.83. The molecule has 1 aliphatic rings. The first-order valence-electron chi connectivity index (χ1n) is 9.93. The smallest absolute Gasteiger partial charge is 0.243 e. The molecule has 1 amide bonds. The molecule has 0 aliphatic carbocycles. The first kappa shape index (κ1) is 21.2. The number of sulfonamides is 1. The Kier molecular flexibility index (Phi) is 6.67. The number of thiophene rings is 2. The van der Waals surface area contributed by atoms with Gasteiger partial charge in [-0.3, -0.25) is 4.79 Å². The fourth-order valence-corrected chi connectivity index (χ4v) is 6.67. The molecule has 2 aromatic heterocycles. The molecule has 0 N–H and O–H groups in total. The third-order valence-electron chi connectivity index (χ3n) is 5.35. The summed E-state index contributed by atoms with van der Waals surface area (Å²) in [6.45, 7) is 1.94. The highest BCUT2D eigenvalue weighted by Gasteiger charge is 2.34. The number of nitrogens with zero attached hydrogens (tertiary/aromatic N) is 2. The molecule has 8 heteroatoms. The lowest BCUT2D eigenvalue weighted by atomic mass is 9.96. The summed E-state index contributed by atoms with van der Waals surface area (Å²) in [4.78, 5) is 17.9. The summed E-state index contributed by atoms with van der Waals surface area (Å²) in [7, 11) is -3.50. The van der Waals surface area contributed by atoms with E-state index < -0.39 is 10.0 Å². The van der Waals surface area contributed by atoms with Crippen LogP contribution in [-0.4, -0.2) is 36.6 Å². The summed E-state index contributed by atoms with van der Waals surface area (Å²) < 4.78 is 27.2. The molecular weight excluding hydrogens is 436 g/mol. The van der Waals surface area contributed by atoms with E-state index in [2.05, 4.69) is 12.1 Å². The maximum Gasteiger partial charge on any atom is 0.243 e. The first-order chi connectivity index (χ1) is 14.5. The van der Waals surface area contributed by atoms with Gasteiger partial charge in [0.2, 0.25) is 15.9 Å². The average molecular weight is 461 g/mol. The van der Waals surface area contributed by atoms with Gasteiger partial charge >= 0.3 is 0 Å². The Bertz CT molecular complexity index is 1000. The van der Waals surface area contributed by atoms with Gasteiger partial charge < -0.3 is 4.90 Å². The van der Waals surface area contributed by atoms with Crippen LogP contribution < -0.4 is 0 Å². The maximum atomic E-state index is 13.3.